The molecule has 1 aliphatic heterocycles. The van der Waals surface area contributed by atoms with Crippen molar-refractivity contribution in [2.75, 3.05) is 0 Å². The van der Waals surface area contributed by atoms with Gasteiger partial charge in [0.1, 0.15) is 5.60 Å². The summed E-state index contributed by atoms with van der Waals surface area (Å²) in [6.07, 6.45) is 9.63. The van der Waals surface area contributed by atoms with Gasteiger partial charge in [-0.2, -0.15) is 0 Å². The van der Waals surface area contributed by atoms with Crippen molar-refractivity contribution in [3.05, 3.63) is 41.7 Å². The first-order chi connectivity index (χ1) is 8.27. The number of hydrogen-bond acceptors (Lipinski definition) is 1. The molecule has 90 valence electrons. The number of benzene rings is 1. The van der Waals surface area contributed by atoms with Gasteiger partial charge in [-0.05, 0) is 43.7 Å². The quantitative estimate of drug-likeness (QED) is 0.689. The third-order valence-electron chi connectivity index (χ3n) is 4.12. The van der Waals surface area contributed by atoms with Gasteiger partial charge in [0.15, 0.2) is 0 Å². The molecule has 0 saturated heterocycles. The van der Waals surface area contributed by atoms with Crippen LogP contribution in [0.3, 0.4) is 0 Å². The number of hydrogen-bond donors (Lipinski definition) is 0. The number of rotatable bonds is 1. The van der Waals surface area contributed by atoms with Crippen LogP contribution in [0, 0.1) is 6.92 Å². The predicted molar refractivity (Wildman–Crippen MR) is 70.7 cm³/mol. The molecule has 3 rings (SSSR count). The minimum absolute atomic E-state index is 0.150. The molecule has 1 fully saturated rings. The summed E-state index contributed by atoms with van der Waals surface area (Å²) < 4.78 is 6.03. The highest BCUT2D eigenvalue weighted by atomic mass is 16.5. The van der Waals surface area contributed by atoms with E-state index in [1.807, 2.05) is 6.26 Å². The van der Waals surface area contributed by atoms with E-state index in [9.17, 15) is 0 Å². The highest BCUT2D eigenvalue weighted by Gasteiger charge is 2.38. The van der Waals surface area contributed by atoms with Crippen molar-refractivity contribution in [1.29, 1.82) is 0 Å². The summed E-state index contributed by atoms with van der Waals surface area (Å²) in [5.41, 5.74) is 4.20. The molecule has 0 unspecified atom stereocenters. The summed E-state index contributed by atoms with van der Waals surface area (Å²) in [6, 6.07) is 8.74. The summed E-state index contributed by atoms with van der Waals surface area (Å²) in [5, 5.41) is 0. The van der Waals surface area contributed by atoms with Gasteiger partial charge in [0.2, 0.25) is 0 Å². The predicted octanol–water partition coefficient (Wildman–Crippen LogP) is 4.46. The second-order valence-electron chi connectivity index (χ2n) is 5.55. The molecule has 17 heavy (non-hydrogen) atoms. The molecule has 1 heteroatoms. The normalized spacial score (nSPS) is 22.3. The Hall–Kier alpha value is -1.24. The van der Waals surface area contributed by atoms with Gasteiger partial charge in [0.25, 0.3) is 0 Å². The Kier molecular flexibility index (Phi) is 2.70. The van der Waals surface area contributed by atoms with Gasteiger partial charge in [-0.1, -0.05) is 36.2 Å². The molecule has 1 nitrogen and oxygen atoms in total. The highest BCUT2D eigenvalue weighted by Crippen LogP contribution is 2.43. The van der Waals surface area contributed by atoms with Crippen molar-refractivity contribution >= 4 is 5.57 Å². The standard InChI is InChI=1S/C16H20O/c1-13-6-5-7-14(10-13)15-11-16(17-12-15)8-3-2-4-9-16/h5-7,10,12H,2-4,8-9,11H2,1H3. The molecule has 1 aliphatic carbocycles. The zero-order valence-electron chi connectivity index (χ0n) is 10.5. The van der Waals surface area contributed by atoms with Gasteiger partial charge in [0.05, 0.1) is 6.26 Å². The maximum Gasteiger partial charge on any atom is 0.112 e. The van der Waals surface area contributed by atoms with E-state index in [2.05, 4.69) is 31.2 Å². The Morgan fingerprint density at radius 3 is 2.71 bits per heavy atom. The van der Waals surface area contributed by atoms with Crippen molar-refractivity contribution in [3.8, 4) is 0 Å². The average Bonchev–Trinajstić information content (AvgIpc) is 2.74. The monoisotopic (exact) mass is 228 g/mol. The Morgan fingerprint density at radius 2 is 1.94 bits per heavy atom. The van der Waals surface area contributed by atoms with Gasteiger partial charge in [0, 0.05) is 6.42 Å². The van der Waals surface area contributed by atoms with Crippen LogP contribution in [0.2, 0.25) is 0 Å². The van der Waals surface area contributed by atoms with Crippen molar-refractivity contribution in [2.45, 2.75) is 51.0 Å². The van der Waals surface area contributed by atoms with Crippen LogP contribution >= 0.6 is 0 Å². The molecule has 0 bridgehead atoms. The van der Waals surface area contributed by atoms with Crippen LogP contribution in [-0.2, 0) is 4.74 Å². The van der Waals surface area contributed by atoms with E-state index in [1.165, 1.54) is 48.8 Å². The van der Waals surface area contributed by atoms with E-state index in [4.69, 9.17) is 4.74 Å². The maximum absolute atomic E-state index is 6.03. The van der Waals surface area contributed by atoms with Crippen LogP contribution in [0.4, 0.5) is 0 Å². The lowest BCUT2D eigenvalue weighted by Gasteiger charge is -2.32. The minimum Gasteiger partial charge on any atom is -0.494 e. The van der Waals surface area contributed by atoms with E-state index >= 15 is 0 Å². The molecular formula is C16H20O. The van der Waals surface area contributed by atoms with Crippen LogP contribution in [-0.4, -0.2) is 5.60 Å². The summed E-state index contributed by atoms with van der Waals surface area (Å²) in [5.74, 6) is 0. The Morgan fingerprint density at radius 1 is 1.12 bits per heavy atom. The molecule has 0 atom stereocenters. The van der Waals surface area contributed by atoms with Crippen molar-refractivity contribution in [1.82, 2.24) is 0 Å². The van der Waals surface area contributed by atoms with Crippen molar-refractivity contribution in [2.24, 2.45) is 0 Å². The summed E-state index contributed by atoms with van der Waals surface area (Å²) >= 11 is 0. The average molecular weight is 228 g/mol. The zero-order chi connectivity index (χ0) is 11.7. The van der Waals surface area contributed by atoms with Gasteiger partial charge in [-0.3, -0.25) is 0 Å². The summed E-state index contributed by atoms with van der Waals surface area (Å²) in [7, 11) is 0. The molecule has 0 radical (unpaired) electrons. The number of aryl methyl sites for hydroxylation is 1. The van der Waals surface area contributed by atoms with Gasteiger partial charge < -0.3 is 4.74 Å². The lowest BCUT2D eigenvalue weighted by molar-refractivity contribution is 0.00995. The third kappa shape index (κ3) is 2.11. The first-order valence-electron chi connectivity index (χ1n) is 6.71. The smallest absolute Gasteiger partial charge is 0.112 e. The Bertz CT molecular complexity index is 439. The van der Waals surface area contributed by atoms with E-state index < -0.39 is 0 Å². The fourth-order valence-corrected chi connectivity index (χ4v) is 3.13. The highest BCUT2D eigenvalue weighted by molar-refractivity contribution is 5.67. The third-order valence-corrected chi connectivity index (χ3v) is 4.12. The molecule has 1 aromatic carbocycles. The second kappa shape index (κ2) is 4.21. The lowest BCUT2D eigenvalue weighted by atomic mass is 9.80. The molecule has 0 amide bonds. The fraction of sp³-hybridized carbons (Fsp3) is 0.500. The Balaban J connectivity index is 1.79. The van der Waals surface area contributed by atoms with Gasteiger partial charge in [-0.25, -0.2) is 0 Å². The van der Waals surface area contributed by atoms with Crippen LogP contribution in [0.15, 0.2) is 30.5 Å². The molecule has 0 aromatic heterocycles. The lowest BCUT2D eigenvalue weighted by Crippen LogP contribution is -2.30. The maximum atomic E-state index is 6.03. The molecular weight excluding hydrogens is 208 g/mol. The van der Waals surface area contributed by atoms with Crippen molar-refractivity contribution in [3.63, 3.8) is 0 Å². The zero-order valence-corrected chi connectivity index (χ0v) is 10.5. The minimum atomic E-state index is 0.150. The van der Waals surface area contributed by atoms with Crippen molar-refractivity contribution < 1.29 is 4.74 Å². The summed E-state index contributed by atoms with van der Waals surface area (Å²) in [4.78, 5) is 0. The Labute approximate surface area is 103 Å². The van der Waals surface area contributed by atoms with Crippen LogP contribution in [0.1, 0.15) is 49.7 Å². The van der Waals surface area contributed by atoms with Crippen LogP contribution < -0.4 is 0 Å². The topological polar surface area (TPSA) is 9.23 Å². The molecule has 2 aliphatic rings. The molecule has 1 saturated carbocycles. The first kappa shape index (κ1) is 10.9. The first-order valence-corrected chi connectivity index (χ1v) is 6.71. The molecule has 1 aromatic rings. The summed E-state index contributed by atoms with van der Waals surface area (Å²) in [6.45, 7) is 2.15. The SMILES string of the molecule is Cc1cccc(C2=COC3(CCCCC3)C2)c1. The second-order valence-corrected chi connectivity index (χ2v) is 5.55. The van der Waals surface area contributed by atoms with E-state index in [1.54, 1.807) is 0 Å². The van der Waals surface area contributed by atoms with E-state index in [0.717, 1.165) is 6.42 Å². The molecule has 1 spiro atoms. The van der Waals surface area contributed by atoms with E-state index in [-0.39, 0.29) is 5.60 Å². The largest absolute Gasteiger partial charge is 0.494 e. The van der Waals surface area contributed by atoms with Crippen LogP contribution in [0.25, 0.3) is 5.57 Å². The van der Waals surface area contributed by atoms with E-state index in [0.29, 0.717) is 0 Å². The van der Waals surface area contributed by atoms with Gasteiger partial charge >= 0.3 is 0 Å². The number of ether oxygens (including phenoxy) is 1. The fourth-order valence-electron chi connectivity index (χ4n) is 3.13. The van der Waals surface area contributed by atoms with Crippen LogP contribution in [0.5, 0.6) is 0 Å². The molecule has 1 heterocycles. The molecule has 0 N–H and O–H groups in total. The van der Waals surface area contributed by atoms with Gasteiger partial charge in [-0.15, -0.1) is 0 Å².